The summed E-state index contributed by atoms with van der Waals surface area (Å²) >= 11 is 1.33. The molecule has 0 aliphatic carbocycles. The SMILES string of the molecule is Cc1ccc(C2=NN(C(=O)CSc3nnc(-c4ccoc4C)n3C)[C@@H](c3ccco3)C2)cc1. The lowest BCUT2D eigenvalue weighted by molar-refractivity contribution is -0.130. The molecule has 0 saturated heterocycles. The Morgan fingerprint density at radius 1 is 1.09 bits per heavy atom. The smallest absolute Gasteiger partial charge is 0.253 e. The molecule has 0 fully saturated rings. The van der Waals surface area contributed by atoms with Crippen LogP contribution in [0.2, 0.25) is 0 Å². The van der Waals surface area contributed by atoms with E-state index >= 15 is 0 Å². The summed E-state index contributed by atoms with van der Waals surface area (Å²) in [6.07, 6.45) is 3.85. The average Bonchev–Trinajstić information content (AvgIpc) is 3.60. The van der Waals surface area contributed by atoms with E-state index in [0.717, 1.165) is 28.4 Å². The first-order valence-electron chi connectivity index (χ1n) is 10.6. The second-order valence-corrected chi connectivity index (χ2v) is 8.87. The van der Waals surface area contributed by atoms with E-state index in [1.54, 1.807) is 17.5 Å². The molecule has 0 spiro atoms. The molecule has 3 aromatic heterocycles. The van der Waals surface area contributed by atoms with Crippen molar-refractivity contribution in [2.45, 2.75) is 31.5 Å². The molecule has 1 aromatic carbocycles. The van der Waals surface area contributed by atoms with E-state index in [1.165, 1.54) is 17.3 Å². The van der Waals surface area contributed by atoms with Gasteiger partial charge in [-0.25, -0.2) is 5.01 Å². The zero-order valence-electron chi connectivity index (χ0n) is 18.6. The lowest BCUT2D eigenvalue weighted by atomic mass is 10.0. The minimum Gasteiger partial charge on any atom is -0.469 e. The van der Waals surface area contributed by atoms with E-state index in [1.807, 2.05) is 67.9 Å². The van der Waals surface area contributed by atoms with Crippen LogP contribution in [0.3, 0.4) is 0 Å². The van der Waals surface area contributed by atoms with Gasteiger partial charge in [0.15, 0.2) is 11.0 Å². The van der Waals surface area contributed by atoms with Crippen molar-refractivity contribution in [3.05, 3.63) is 77.6 Å². The van der Waals surface area contributed by atoms with Gasteiger partial charge in [0.1, 0.15) is 17.6 Å². The topological polar surface area (TPSA) is 89.7 Å². The van der Waals surface area contributed by atoms with Gasteiger partial charge in [0.25, 0.3) is 5.91 Å². The highest BCUT2D eigenvalue weighted by molar-refractivity contribution is 7.99. The van der Waals surface area contributed by atoms with Crippen LogP contribution >= 0.6 is 11.8 Å². The fourth-order valence-electron chi connectivity index (χ4n) is 3.85. The molecule has 0 saturated carbocycles. The molecule has 1 aliphatic rings. The molecular weight excluding hydrogens is 438 g/mol. The second kappa shape index (κ2) is 8.74. The first-order chi connectivity index (χ1) is 16.0. The normalized spacial score (nSPS) is 15.8. The van der Waals surface area contributed by atoms with Gasteiger partial charge in [-0.3, -0.25) is 4.79 Å². The molecule has 1 amide bonds. The molecular formula is C24H23N5O3S. The number of aryl methyl sites for hydroxylation is 2. The van der Waals surface area contributed by atoms with E-state index in [9.17, 15) is 4.79 Å². The van der Waals surface area contributed by atoms with Gasteiger partial charge in [0, 0.05) is 13.5 Å². The molecule has 1 atom stereocenters. The summed E-state index contributed by atoms with van der Waals surface area (Å²) in [5.74, 6) is 2.25. The number of hydrogen-bond donors (Lipinski definition) is 0. The lowest BCUT2D eigenvalue weighted by Crippen LogP contribution is -2.28. The number of furan rings is 2. The summed E-state index contributed by atoms with van der Waals surface area (Å²) in [5.41, 5.74) is 3.94. The summed E-state index contributed by atoms with van der Waals surface area (Å²) in [6, 6.07) is 13.5. The Morgan fingerprint density at radius 2 is 1.91 bits per heavy atom. The van der Waals surface area contributed by atoms with Crippen molar-refractivity contribution >= 4 is 23.4 Å². The van der Waals surface area contributed by atoms with Gasteiger partial charge in [0.05, 0.1) is 29.6 Å². The first kappa shape index (κ1) is 21.3. The fourth-order valence-corrected chi connectivity index (χ4v) is 4.61. The second-order valence-electron chi connectivity index (χ2n) is 7.93. The van der Waals surface area contributed by atoms with Gasteiger partial charge >= 0.3 is 0 Å². The van der Waals surface area contributed by atoms with Gasteiger partial charge in [-0.2, -0.15) is 5.10 Å². The van der Waals surface area contributed by atoms with Crippen LogP contribution < -0.4 is 0 Å². The Morgan fingerprint density at radius 3 is 2.61 bits per heavy atom. The Labute approximate surface area is 195 Å². The monoisotopic (exact) mass is 461 g/mol. The van der Waals surface area contributed by atoms with Gasteiger partial charge in [0.2, 0.25) is 0 Å². The van der Waals surface area contributed by atoms with Crippen molar-refractivity contribution in [1.29, 1.82) is 0 Å². The number of aromatic nitrogens is 3. The number of rotatable bonds is 6. The molecule has 4 heterocycles. The Balaban J connectivity index is 1.35. The number of benzene rings is 1. The zero-order chi connectivity index (χ0) is 22.9. The number of hydrogen-bond acceptors (Lipinski definition) is 7. The summed E-state index contributed by atoms with van der Waals surface area (Å²) in [5, 5.41) is 15.4. The minimum atomic E-state index is -0.270. The number of carbonyl (C=O) groups excluding carboxylic acids is 1. The quantitative estimate of drug-likeness (QED) is 0.385. The van der Waals surface area contributed by atoms with Crippen molar-refractivity contribution in [2.75, 3.05) is 5.75 Å². The van der Waals surface area contributed by atoms with Crippen LogP contribution in [0.15, 0.2) is 74.1 Å². The maximum absolute atomic E-state index is 13.2. The molecule has 0 N–H and O–H groups in total. The molecule has 0 bridgehead atoms. The van der Waals surface area contributed by atoms with Crippen molar-refractivity contribution in [2.24, 2.45) is 12.1 Å². The molecule has 5 rings (SSSR count). The van der Waals surface area contributed by atoms with Gasteiger partial charge in [-0.15, -0.1) is 10.2 Å². The molecule has 0 radical (unpaired) electrons. The number of carbonyl (C=O) groups is 1. The summed E-state index contributed by atoms with van der Waals surface area (Å²) in [4.78, 5) is 13.2. The third kappa shape index (κ3) is 4.11. The average molecular weight is 462 g/mol. The largest absolute Gasteiger partial charge is 0.469 e. The highest BCUT2D eigenvalue weighted by Gasteiger charge is 2.35. The van der Waals surface area contributed by atoms with Crippen LogP contribution in [0, 0.1) is 13.8 Å². The highest BCUT2D eigenvalue weighted by atomic mass is 32.2. The first-order valence-corrected chi connectivity index (χ1v) is 11.6. The predicted molar refractivity (Wildman–Crippen MR) is 125 cm³/mol. The van der Waals surface area contributed by atoms with Gasteiger partial charge < -0.3 is 13.4 Å². The molecule has 4 aromatic rings. The summed E-state index contributed by atoms with van der Waals surface area (Å²) in [6.45, 7) is 3.93. The summed E-state index contributed by atoms with van der Waals surface area (Å²) in [7, 11) is 1.88. The van der Waals surface area contributed by atoms with E-state index in [0.29, 0.717) is 17.4 Å². The van der Waals surface area contributed by atoms with E-state index in [4.69, 9.17) is 8.83 Å². The summed E-state index contributed by atoms with van der Waals surface area (Å²) < 4.78 is 12.9. The Bertz CT molecular complexity index is 1300. The molecule has 1 aliphatic heterocycles. The lowest BCUT2D eigenvalue weighted by Gasteiger charge is -2.19. The van der Waals surface area contributed by atoms with E-state index in [2.05, 4.69) is 15.3 Å². The number of hydrazone groups is 1. The molecule has 168 valence electrons. The van der Waals surface area contributed by atoms with Crippen molar-refractivity contribution < 1.29 is 13.6 Å². The Kier molecular flexibility index (Phi) is 5.63. The molecule has 9 heteroatoms. The van der Waals surface area contributed by atoms with Crippen LogP contribution in [0.1, 0.15) is 35.1 Å². The standard InChI is InChI=1S/C24H23N5O3S/c1-15-6-8-17(9-7-15)19-13-20(21-5-4-11-32-21)29(27-19)22(30)14-33-24-26-25-23(28(24)3)18-10-12-31-16(18)2/h4-12,20H,13-14H2,1-3H3/t20-/m1/s1. The van der Waals surface area contributed by atoms with Gasteiger partial charge in [-0.05, 0) is 37.6 Å². The predicted octanol–water partition coefficient (Wildman–Crippen LogP) is 4.75. The van der Waals surface area contributed by atoms with E-state index < -0.39 is 0 Å². The van der Waals surface area contributed by atoms with Crippen LogP contribution in [-0.4, -0.2) is 37.1 Å². The Hall–Kier alpha value is -3.59. The highest BCUT2D eigenvalue weighted by Crippen LogP contribution is 2.34. The zero-order valence-corrected chi connectivity index (χ0v) is 19.4. The van der Waals surface area contributed by atoms with E-state index in [-0.39, 0.29) is 17.7 Å². The maximum Gasteiger partial charge on any atom is 0.253 e. The number of thioether (sulfide) groups is 1. The number of amides is 1. The van der Waals surface area contributed by atoms with Crippen molar-refractivity contribution in [3.63, 3.8) is 0 Å². The molecule has 0 unspecified atom stereocenters. The molecule has 33 heavy (non-hydrogen) atoms. The van der Waals surface area contributed by atoms with Crippen LogP contribution in [0.25, 0.3) is 11.4 Å². The molecule has 8 nitrogen and oxygen atoms in total. The van der Waals surface area contributed by atoms with Crippen LogP contribution in [0.5, 0.6) is 0 Å². The maximum atomic E-state index is 13.2. The van der Waals surface area contributed by atoms with Gasteiger partial charge in [-0.1, -0.05) is 41.6 Å². The minimum absolute atomic E-state index is 0.118. The van der Waals surface area contributed by atoms with Crippen LogP contribution in [0.4, 0.5) is 0 Å². The fraction of sp³-hybridized carbons (Fsp3) is 0.250. The number of nitrogens with zero attached hydrogens (tertiary/aromatic N) is 5. The van der Waals surface area contributed by atoms with Crippen molar-refractivity contribution in [3.8, 4) is 11.4 Å². The van der Waals surface area contributed by atoms with Crippen LogP contribution in [-0.2, 0) is 11.8 Å². The third-order valence-corrected chi connectivity index (χ3v) is 6.69. The third-order valence-electron chi connectivity index (χ3n) is 5.68. The van der Waals surface area contributed by atoms with Crippen molar-refractivity contribution in [1.82, 2.24) is 19.8 Å².